The maximum Gasteiger partial charge on any atom is 0.283 e. The van der Waals surface area contributed by atoms with E-state index < -0.39 is 5.91 Å². The van der Waals surface area contributed by atoms with Gasteiger partial charge in [0, 0.05) is 27.5 Å². The fourth-order valence-corrected chi connectivity index (χ4v) is 4.63. The van der Waals surface area contributed by atoms with Crippen LogP contribution >= 0.6 is 35.0 Å². The second kappa shape index (κ2) is 6.95. The van der Waals surface area contributed by atoms with Crippen LogP contribution in [0.4, 0.5) is 0 Å². The first kappa shape index (κ1) is 19.1. The van der Waals surface area contributed by atoms with Gasteiger partial charge >= 0.3 is 0 Å². The van der Waals surface area contributed by atoms with Gasteiger partial charge in [0.05, 0.1) is 16.3 Å². The minimum absolute atomic E-state index is 0.133. The molecular weight excluding hydrogens is 415 g/mol. The zero-order valence-electron chi connectivity index (χ0n) is 15.4. The molecule has 1 N–H and O–H groups in total. The van der Waals surface area contributed by atoms with E-state index in [4.69, 9.17) is 28.6 Å². The Morgan fingerprint density at radius 1 is 1.18 bits per heavy atom. The number of carbonyl (C=O) groups is 1. The number of hydrogen-bond donors (Lipinski definition) is 1. The first-order chi connectivity index (χ1) is 13.3. The molecule has 2 aromatic rings. The Morgan fingerprint density at radius 3 is 2.64 bits per heavy atom. The average molecular weight is 431 g/mol. The summed E-state index contributed by atoms with van der Waals surface area (Å²) in [5.41, 5.74) is 3.78. The number of allylic oxidation sites excluding steroid dienone is 1. The number of benzene rings is 1. The molecule has 0 saturated heterocycles. The van der Waals surface area contributed by atoms with E-state index in [1.807, 2.05) is 43.7 Å². The highest BCUT2D eigenvalue weighted by molar-refractivity contribution is 8.17. The number of aromatic nitrogens is 1. The number of nitrogens with zero attached hydrogens (tertiary/aromatic N) is 3. The summed E-state index contributed by atoms with van der Waals surface area (Å²) < 4.78 is 2.01. The molecule has 0 fully saturated rings. The van der Waals surface area contributed by atoms with Crippen molar-refractivity contribution in [2.75, 3.05) is 0 Å². The number of thioether (sulfide) groups is 1. The van der Waals surface area contributed by atoms with Gasteiger partial charge in [0.25, 0.3) is 5.91 Å². The van der Waals surface area contributed by atoms with Crippen molar-refractivity contribution in [2.45, 2.75) is 20.8 Å². The molecule has 0 spiro atoms. The summed E-state index contributed by atoms with van der Waals surface area (Å²) in [5, 5.41) is 10.1. The molecule has 0 bridgehead atoms. The number of halogens is 2. The smallest absolute Gasteiger partial charge is 0.283 e. The molecule has 8 heteroatoms. The summed E-state index contributed by atoms with van der Waals surface area (Å²) in [6.45, 7) is 5.84. The standard InChI is InChI=1S/C20H16Cl2N4OS/c1-10-6-13(12(3)26(10)17-5-4-14(21)8-16(17)22)7-15-18(23)25-9-11(2)28-20(25)24-19(15)27/h4-9,23H,1-3H3/b15-7-,23-18?. The number of amides is 1. The molecule has 4 rings (SSSR count). The third-order valence-electron chi connectivity index (χ3n) is 4.61. The van der Waals surface area contributed by atoms with Crippen LogP contribution in [0.5, 0.6) is 0 Å². The molecule has 0 unspecified atom stereocenters. The highest BCUT2D eigenvalue weighted by Gasteiger charge is 2.33. The molecule has 0 aliphatic carbocycles. The van der Waals surface area contributed by atoms with Crippen LogP contribution in [0.1, 0.15) is 23.9 Å². The molecule has 5 nitrogen and oxygen atoms in total. The van der Waals surface area contributed by atoms with Crippen LogP contribution in [0.3, 0.4) is 0 Å². The Labute approximate surface area is 176 Å². The van der Waals surface area contributed by atoms with Gasteiger partial charge in [-0.25, -0.2) is 0 Å². The summed E-state index contributed by atoms with van der Waals surface area (Å²) >= 11 is 13.8. The minimum atomic E-state index is -0.402. The molecule has 3 heterocycles. The van der Waals surface area contributed by atoms with Gasteiger partial charge in [0.15, 0.2) is 5.17 Å². The Morgan fingerprint density at radius 2 is 1.93 bits per heavy atom. The fraction of sp³-hybridized carbons (Fsp3) is 0.150. The molecule has 0 saturated carbocycles. The monoisotopic (exact) mass is 430 g/mol. The van der Waals surface area contributed by atoms with Crippen molar-refractivity contribution >= 4 is 58.0 Å². The van der Waals surface area contributed by atoms with E-state index in [-0.39, 0.29) is 11.4 Å². The van der Waals surface area contributed by atoms with Crippen LogP contribution in [0, 0.1) is 19.3 Å². The number of amidine groups is 2. The van der Waals surface area contributed by atoms with Crippen molar-refractivity contribution < 1.29 is 4.79 Å². The lowest BCUT2D eigenvalue weighted by atomic mass is 10.1. The van der Waals surface area contributed by atoms with Crippen molar-refractivity contribution in [3.05, 3.63) is 67.9 Å². The number of fused-ring (bicyclic) bond motifs is 1. The van der Waals surface area contributed by atoms with Crippen molar-refractivity contribution in [3.8, 4) is 5.69 Å². The Hall–Kier alpha value is -2.28. The maximum atomic E-state index is 12.5. The van der Waals surface area contributed by atoms with Crippen LogP contribution in [-0.4, -0.2) is 26.4 Å². The third kappa shape index (κ3) is 3.11. The molecular formula is C20H16Cl2N4OS. The predicted molar refractivity (Wildman–Crippen MR) is 117 cm³/mol. The van der Waals surface area contributed by atoms with E-state index in [0.717, 1.165) is 27.5 Å². The van der Waals surface area contributed by atoms with Gasteiger partial charge in [-0.15, -0.1) is 0 Å². The molecule has 2 aliphatic rings. The topological polar surface area (TPSA) is 61.5 Å². The van der Waals surface area contributed by atoms with E-state index in [2.05, 4.69) is 4.99 Å². The lowest BCUT2D eigenvalue weighted by Gasteiger charge is -2.22. The molecule has 0 atom stereocenters. The Kier molecular flexibility index (Phi) is 4.73. The van der Waals surface area contributed by atoms with Gasteiger partial charge in [-0.1, -0.05) is 35.0 Å². The highest BCUT2D eigenvalue weighted by Crippen LogP contribution is 2.34. The van der Waals surface area contributed by atoms with Gasteiger partial charge in [-0.05, 0) is 56.7 Å². The Bertz CT molecular complexity index is 1140. The SMILES string of the molecule is CC1=CN2C(=N)/C(=C/c3cc(C)n(-c4ccc(Cl)cc4Cl)c3C)C(=O)N=C2S1. The molecule has 142 valence electrons. The minimum Gasteiger partial charge on any atom is -0.316 e. The zero-order chi connectivity index (χ0) is 20.2. The predicted octanol–water partition coefficient (Wildman–Crippen LogP) is 5.57. The summed E-state index contributed by atoms with van der Waals surface area (Å²) in [5.74, 6) is -0.269. The van der Waals surface area contributed by atoms with Crippen molar-refractivity contribution in [3.63, 3.8) is 0 Å². The lowest BCUT2D eigenvalue weighted by molar-refractivity contribution is -0.114. The normalized spacial score (nSPS) is 17.9. The van der Waals surface area contributed by atoms with Crippen LogP contribution in [0.25, 0.3) is 11.8 Å². The van der Waals surface area contributed by atoms with Gasteiger partial charge in [-0.3, -0.25) is 15.1 Å². The highest BCUT2D eigenvalue weighted by atomic mass is 35.5. The molecule has 1 aromatic heterocycles. The van der Waals surface area contributed by atoms with Crippen LogP contribution in [0.15, 0.2) is 45.9 Å². The quantitative estimate of drug-likeness (QED) is 0.633. The van der Waals surface area contributed by atoms with Crippen molar-refractivity contribution in [2.24, 2.45) is 4.99 Å². The van der Waals surface area contributed by atoms with Gasteiger partial charge in [-0.2, -0.15) is 4.99 Å². The Balaban J connectivity index is 1.79. The van der Waals surface area contributed by atoms with Gasteiger partial charge in [0.2, 0.25) is 0 Å². The fourth-order valence-electron chi connectivity index (χ4n) is 3.32. The van der Waals surface area contributed by atoms with Crippen LogP contribution in [0.2, 0.25) is 10.0 Å². The van der Waals surface area contributed by atoms with E-state index in [0.29, 0.717) is 15.2 Å². The van der Waals surface area contributed by atoms with Gasteiger partial charge in [0.1, 0.15) is 5.84 Å². The average Bonchev–Trinajstić information content (AvgIpc) is 3.12. The summed E-state index contributed by atoms with van der Waals surface area (Å²) in [6.07, 6.45) is 3.54. The largest absolute Gasteiger partial charge is 0.316 e. The first-order valence-corrected chi connectivity index (χ1v) is 10.1. The third-order valence-corrected chi connectivity index (χ3v) is 6.05. The van der Waals surface area contributed by atoms with E-state index in [9.17, 15) is 4.79 Å². The lowest BCUT2D eigenvalue weighted by Crippen LogP contribution is -2.35. The van der Waals surface area contributed by atoms with Crippen LogP contribution < -0.4 is 0 Å². The molecule has 0 radical (unpaired) electrons. The molecule has 28 heavy (non-hydrogen) atoms. The number of nitrogens with one attached hydrogen (secondary N) is 1. The number of aryl methyl sites for hydroxylation is 1. The zero-order valence-corrected chi connectivity index (χ0v) is 17.7. The van der Waals surface area contributed by atoms with E-state index in [1.165, 1.54) is 11.8 Å². The van der Waals surface area contributed by atoms with Crippen molar-refractivity contribution in [1.82, 2.24) is 9.47 Å². The van der Waals surface area contributed by atoms with E-state index in [1.54, 1.807) is 23.1 Å². The number of hydrogen-bond acceptors (Lipinski definition) is 3. The molecule has 2 aliphatic heterocycles. The number of rotatable bonds is 2. The molecule has 1 amide bonds. The second-order valence-electron chi connectivity index (χ2n) is 6.58. The van der Waals surface area contributed by atoms with E-state index >= 15 is 0 Å². The summed E-state index contributed by atoms with van der Waals surface area (Å²) in [4.78, 5) is 19.3. The van der Waals surface area contributed by atoms with Crippen molar-refractivity contribution in [1.29, 1.82) is 5.41 Å². The first-order valence-electron chi connectivity index (χ1n) is 8.50. The number of aliphatic imine (C=N–C) groups is 1. The van der Waals surface area contributed by atoms with Crippen LogP contribution in [-0.2, 0) is 4.79 Å². The second-order valence-corrected chi connectivity index (χ2v) is 8.63. The van der Waals surface area contributed by atoms with Gasteiger partial charge < -0.3 is 4.57 Å². The summed E-state index contributed by atoms with van der Waals surface area (Å²) in [6, 6.07) is 7.32. The molecule has 1 aromatic carbocycles. The maximum absolute atomic E-state index is 12.5. The number of carbonyl (C=O) groups excluding carboxylic acids is 1. The summed E-state index contributed by atoms with van der Waals surface area (Å²) in [7, 11) is 0.